The number of fused-ring (bicyclic) bond motifs is 6. The molecule has 0 spiro atoms. The van der Waals surface area contributed by atoms with Gasteiger partial charge < -0.3 is 4.42 Å². The van der Waals surface area contributed by atoms with Crippen LogP contribution in [0.5, 0.6) is 0 Å². The molecule has 0 aliphatic carbocycles. The van der Waals surface area contributed by atoms with Crippen LogP contribution in [0.1, 0.15) is 0 Å². The van der Waals surface area contributed by atoms with Crippen molar-refractivity contribution in [3.8, 4) is 22.3 Å². The summed E-state index contributed by atoms with van der Waals surface area (Å²) in [5, 5.41) is 8.32. The van der Waals surface area contributed by atoms with Gasteiger partial charge in [0.2, 0.25) is 0 Å². The molecule has 8 rings (SSSR count). The van der Waals surface area contributed by atoms with E-state index in [4.69, 9.17) is 9.40 Å². The predicted octanol–water partition coefficient (Wildman–Crippen LogP) is 9.77. The van der Waals surface area contributed by atoms with Crippen molar-refractivity contribution in [1.82, 2.24) is 4.98 Å². The number of furan rings is 1. The monoisotopic (exact) mass is 471 g/mol. The highest BCUT2D eigenvalue weighted by atomic mass is 16.3. The minimum atomic E-state index is 0.907. The van der Waals surface area contributed by atoms with Gasteiger partial charge in [0.15, 0.2) is 0 Å². The van der Waals surface area contributed by atoms with Crippen molar-refractivity contribution in [3.63, 3.8) is 0 Å². The molecule has 172 valence electrons. The van der Waals surface area contributed by atoms with Crippen molar-refractivity contribution in [2.24, 2.45) is 0 Å². The summed E-state index contributed by atoms with van der Waals surface area (Å²) in [6, 6.07) is 43.0. The summed E-state index contributed by atoms with van der Waals surface area (Å²) >= 11 is 0. The molecule has 2 heteroatoms. The molecule has 8 aromatic rings. The molecule has 0 amide bonds. The summed E-state index contributed by atoms with van der Waals surface area (Å²) in [7, 11) is 0. The van der Waals surface area contributed by atoms with Crippen molar-refractivity contribution in [1.29, 1.82) is 0 Å². The van der Waals surface area contributed by atoms with Gasteiger partial charge in [-0.15, -0.1) is 0 Å². The molecule has 0 saturated carbocycles. The smallest absolute Gasteiger partial charge is 0.135 e. The van der Waals surface area contributed by atoms with Gasteiger partial charge in [0.25, 0.3) is 0 Å². The molecule has 0 aliphatic rings. The first-order chi connectivity index (χ1) is 18.3. The fourth-order valence-electron chi connectivity index (χ4n) is 5.83. The van der Waals surface area contributed by atoms with Gasteiger partial charge in [-0.3, -0.25) is 4.98 Å². The fourth-order valence-corrected chi connectivity index (χ4v) is 5.83. The van der Waals surface area contributed by atoms with Gasteiger partial charge in [-0.05, 0) is 68.6 Å². The molecule has 6 aromatic carbocycles. The molecule has 2 aromatic heterocycles. The molecule has 2 heterocycles. The maximum atomic E-state index is 6.12. The Morgan fingerprint density at radius 1 is 0.432 bits per heavy atom. The van der Waals surface area contributed by atoms with Crippen LogP contribution < -0.4 is 0 Å². The SMILES string of the molecule is c1ccc2cc(-c3c4ccccc4c(-c4ccc5oc6ccccc6c5c4)c4cccnc34)ccc2c1. The second kappa shape index (κ2) is 7.78. The van der Waals surface area contributed by atoms with Gasteiger partial charge in [-0.1, -0.05) is 91.0 Å². The summed E-state index contributed by atoms with van der Waals surface area (Å²) < 4.78 is 6.12. The Hall–Kier alpha value is -4.95. The van der Waals surface area contributed by atoms with E-state index in [1.54, 1.807) is 0 Å². The highest BCUT2D eigenvalue weighted by molar-refractivity contribution is 6.21. The lowest BCUT2D eigenvalue weighted by Gasteiger charge is -2.17. The minimum Gasteiger partial charge on any atom is -0.456 e. The molecule has 0 N–H and O–H groups in total. The van der Waals surface area contributed by atoms with Crippen LogP contribution in [-0.2, 0) is 0 Å². The average molecular weight is 472 g/mol. The number of aromatic nitrogens is 1. The minimum absolute atomic E-state index is 0.907. The highest BCUT2D eigenvalue weighted by Crippen LogP contribution is 2.44. The van der Waals surface area contributed by atoms with Crippen molar-refractivity contribution < 1.29 is 4.42 Å². The Morgan fingerprint density at radius 2 is 1.08 bits per heavy atom. The molecular formula is C35H21NO. The molecular weight excluding hydrogens is 450 g/mol. The number of para-hydroxylation sites is 1. The molecule has 0 unspecified atom stereocenters. The topological polar surface area (TPSA) is 26.0 Å². The quantitative estimate of drug-likeness (QED) is 0.235. The highest BCUT2D eigenvalue weighted by Gasteiger charge is 2.18. The average Bonchev–Trinajstić information content (AvgIpc) is 3.33. The lowest BCUT2D eigenvalue weighted by Crippen LogP contribution is -1.92. The summed E-state index contributed by atoms with van der Waals surface area (Å²) in [5.41, 5.74) is 7.57. The molecule has 0 saturated heterocycles. The molecule has 0 radical (unpaired) electrons. The van der Waals surface area contributed by atoms with Crippen LogP contribution in [0.3, 0.4) is 0 Å². The normalized spacial score (nSPS) is 11.8. The first-order valence-corrected chi connectivity index (χ1v) is 12.6. The van der Waals surface area contributed by atoms with Gasteiger partial charge in [-0.2, -0.15) is 0 Å². The zero-order valence-corrected chi connectivity index (χ0v) is 20.0. The van der Waals surface area contributed by atoms with E-state index in [1.807, 2.05) is 24.4 Å². The van der Waals surface area contributed by atoms with Gasteiger partial charge in [0.1, 0.15) is 11.2 Å². The maximum Gasteiger partial charge on any atom is 0.135 e. The van der Waals surface area contributed by atoms with Crippen LogP contribution in [0.25, 0.3) is 76.6 Å². The first kappa shape index (κ1) is 20.3. The maximum absolute atomic E-state index is 6.12. The zero-order chi connectivity index (χ0) is 24.3. The second-order valence-corrected chi connectivity index (χ2v) is 9.57. The Bertz CT molecular complexity index is 2090. The van der Waals surface area contributed by atoms with E-state index in [1.165, 1.54) is 43.8 Å². The number of nitrogens with zero attached hydrogens (tertiary/aromatic N) is 1. The van der Waals surface area contributed by atoms with Crippen molar-refractivity contribution in [3.05, 3.63) is 128 Å². The van der Waals surface area contributed by atoms with E-state index in [-0.39, 0.29) is 0 Å². The van der Waals surface area contributed by atoms with E-state index in [2.05, 4.69) is 103 Å². The van der Waals surface area contributed by atoms with Gasteiger partial charge in [0.05, 0.1) is 5.52 Å². The molecule has 37 heavy (non-hydrogen) atoms. The lowest BCUT2D eigenvalue weighted by atomic mass is 9.87. The lowest BCUT2D eigenvalue weighted by molar-refractivity contribution is 0.669. The van der Waals surface area contributed by atoms with Gasteiger partial charge in [-0.25, -0.2) is 0 Å². The van der Waals surface area contributed by atoms with Crippen LogP contribution >= 0.6 is 0 Å². The summed E-state index contributed by atoms with van der Waals surface area (Å²) in [5.74, 6) is 0. The summed E-state index contributed by atoms with van der Waals surface area (Å²) in [6.45, 7) is 0. The van der Waals surface area contributed by atoms with E-state index in [0.29, 0.717) is 0 Å². The van der Waals surface area contributed by atoms with Crippen LogP contribution in [0, 0.1) is 0 Å². The van der Waals surface area contributed by atoms with E-state index < -0.39 is 0 Å². The third-order valence-electron chi connectivity index (χ3n) is 7.48. The Morgan fingerprint density at radius 3 is 1.97 bits per heavy atom. The van der Waals surface area contributed by atoms with Gasteiger partial charge in [0, 0.05) is 27.9 Å². The number of pyridine rings is 1. The largest absolute Gasteiger partial charge is 0.456 e. The van der Waals surface area contributed by atoms with Crippen molar-refractivity contribution >= 4 is 54.4 Å². The molecule has 0 atom stereocenters. The summed E-state index contributed by atoms with van der Waals surface area (Å²) in [4.78, 5) is 4.96. The number of benzene rings is 6. The molecule has 0 fully saturated rings. The van der Waals surface area contributed by atoms with Gasteiger partial charge >= 0.3 is 0 Å². The van der Waals surface area contributed by atoms with Crippen molar-refractivity contribution in [2.75, 3.05) is 0 Å². The predicted molar refractivity (Wildman–Crippen MR) is 155 cm³/mol. The van der Waals surface area contributed by atoms with Crippen molar-refractivity contribution in [2.45, 2.75) is 0 Å². The third-order valence-corrected chi connectivity index (χ3v) is 7.48. The number of rotatable bonds is 2. The van der Waals surface area contributed by atoms with E-state index in [0.717, 1.165) is 32.8 Å². The van der Waals surface area contributed by atoms with Crippen LogP contribution in [0.2, 0.25) is 0 Å². The first-order valence-electron chi connectivity index (χ1n) is 12.6. The third kappa shape index (κ3) is 3.03. The van der Waals surface area contributed by atoms with Crippen LogP contribution in [0.4, 0.5) is 0 Å². The Kier molecular flexibility index (Phi) is 4.26. The zero-order valence-electron chi connectivity index (χ0n) is 20.0. The Labute approximate surface area is 213 Å². The van der Waals surface area contributed by atoms with Crippen LogP contribution in [0.15, 0.2) is 132 Å². The molecule has 2 nitrogen and oxygen atoms in total. The second-order valence-electron chi connectivity index (χ2n) is 9.57. The molecule has 0 bridgehead atoms. The number of hydrogen-bond donors (Lipinski definition) is 0. The van der Waals surface area contributed by atoms with E-state index in [9.17, 15) is 0 Å². The van der Waals surface area contributed by atoms with E-state index >= 15 is 0 Å². The number of hydrogen-bond acceptors (Lipinski definition) is 2. The standard InChI is InChI=1S/C35H21NO/c1-2-9-23-20-24(16-15-22(23)8-1)34-28-12-4-3-11-27(28)33(29-13-7-19-36-35(29)34)25-17-18-32-30(21-25)26-10-5-6-14-31(26)37-32/h1-21H. The Balaban J connectivity index is 1.48. The molecule has 0 aliphatic heterocycles. The summed E-state index contributed by atoms with van der Waals surface area (Å²) in [6.07, 6.45) is 1.90. The fraction of sp³-hybridized carbons (Fsp3) is 0. The van der Waals surface area contributed by atoms with Crippen LogP contribution in [-0.4, -0.2) is 4.98 Å².